The molecule has 0 saturated carbocycles. The fraction of sp³-hybridized carbons (Fsp3) is 0.188. The molecule has 2 N–H and O–H groups in total. The number of carbonyl (C=O) groups is 1. The minimum absolute atomic E-state index is 0.249. The van der Waals surface area contributed by atoms with Crippen LogP contribution in [0.3, 0.4) is 0 Å². The standard InChI is InChI=1S/C16H16BrNO4/c1-21-14-7-10(6-13(17)15(14)22-2)9-18-12-5-3-4-11(8-12)16(19)20/h3-8,18H,9H2,1-2H3,(H,19,20). The molecular formula is C16H16BrNO4. The molecule has 0 aliphatic rings. The van der Waals surface area contributed by atoms with Gasteiger partial charge < -0.3 is 19.9 Å². The van der Waals surface area contributed by atoms with Gasteiger partial charge in [0, 0.05) is 12.2 Å². The van der Waals surface area contributed by atoms with Crippen molar-refractivity contribution < 1.29 is 19.4 Å². The second-order valence-electron chi connectivity index (χ2n) is 4.55. The average molecular weight is 366 g/mol. The Labute approximate surface area is 137 Å². The number of hydrogen-bond donors (Lipinski definition) is 2. The fourth-order valence-corrected chi connectivity index (χ4v) is 2.69. The van der Waals surface area contributed by atoms with Crippen molar-refractivity contribution in [2.45, 2.75) is 6.54 Å². The molecule has 0 heterocycles. The summed E-state index contributed by atoms with van der Waals surface area (Å²) in [6.07, 6.45) is 0. The number of ether oxygens (including phenoxy) is 2. The first-order valence-corrected chi connectivity index (χ1v) is 7.32. The summed E-state index contributed by atoms with van der Waals surface area (Å²) in [5.41, 5.74) is 1.97. The lowest BCUT2D eigenvalue weighted by molar-refractivity contribution is 0.0697. The molecule has 22 heavy (non-hydrogen) atoms. The predicted octanol–water partition coefficient (Wildman–Crippen LogP) is 3.78. The summed E-state index contributed by atoms with van der Waals surface area (Å²) in [5.74, 6) is 0.324. The molecule has 0 fully saturated rings. The highest BCUT2D eigenvalue weighted by atomic mass is 79.9. The monoisotopic (exact) mass is 365 g/mol. The maximum absolute atomic E-state index is 11.0. The molecule has 0 aliphatic carbocycles. The van der Waals surface area contributed by atoms with E-state index in [9.17, 15) is 4.79 Å². The number of halogens is 1. The van der Waals surface area contributed by atoms with Crippen LogP contribution in [0.1, 0.15) is 15.9 Å². The van der Waals surface area contributed by atoms with E-state index in [1.807, 2.05) is 18.2 Å². The quantitative estimate of drug-likeness (QED) is 0.815. The van der Waals surface area contributed by atoms with Crippen molar-refractivity contribution in [3.8, 4) is 11.5 Å². The summed E-state index contributed by atoms with van der Waals surface area (Å²) in [4.78, 5) is 11.0. The molecular weight excluding hydrogens is 350 g/mol. The van der Waals surface area contributed by atoms with Crippen LogP contribution in [-0.2, 0) is 6.54 Å². The number of hydrogen-bond acceptors (Lipinski definition) is 4. The first-order valence-electron chi connectivity index (χ1n) is 6.52. The zero-order valence-corrected chi connectivity index (χ0v) is 13.8. The van der Waals surface area contributed by atoms with Crippen molar-refractivity contribution >= 4 is 27.6 Å². The van der Waals surface area contributed by atoms with Crippen LogP contribution >= 0.6 is 15.9 Å². The summed E-state index contributed by atoms with van der Waals surface area (Å²) in [5, 5.41) is 12.2. The molecule has 0 radical (unpaired) electrons. The molecule has 2 rings (SSSR count). The molecule has 0 atom stereocenters. The van der Waals surface area contributed by atoms with Crippen LogP contribution in [0.15, 0.2) is 40.9 Å². The smallest absolute Gasteiger partial charge is 0.335 e. The fourth-order valence-electron chi connectivity index (χ4n) is 2.04. The van der Waals surface area contributed by atoms with Crippen LogP contribution in [-0.4, -0.2) is 25.3 Å². The first kappa shape index (κ1) is 16.2. The highest BCUT2D eigenvalue weighted by molar-refractivity contribution is 9.10. The zero-order valence-electron chi connectivity index (χ0n) is 12.2. The zero-order chi connectivity index (χ0) is 16.1. The number of methoxy groups -OCH3 is 2. The number of rotatable bonds is 6. The van der Waals surface area contributed by atoms with Gasteiger partial charge in [-0.2, -0.15) is 0 Å². The van der Waals surface area contributed by atoms with E-state index in [1.165, 1.54) is 0 Å². The van der Waals surface area contributed by atoms with Crippen LogP contribution in [0.5, 0.6) is 11.5 Å². The van der Waals surface area contributed by atoms with E-state index in [2.05, 4.69) is 21.2 Å². The van der Waals surface area contributed by atoms with Gasteiger partial charge in [-0.15, -0.1) is 0 Å². The molecule has 0 amide bonds. The number of carboxylic acids is 1. The molecule has 6 heteroatoms. The molecule has 2 aromatic carbocycles. The predicted molar refractivity (Wildman–Crippen MR) is 88.0 cm³/mol. The van der Waals surface area contributed by atoms with Gasteiger partial charge in [-0.05, 0) is 51.8 Å². The van der Waals surface area contributed by atoms with Crippen molar-refractivity contribution in [1.29, 1.82) is 0 Å². The molecule has 0 aromatic heterocycles. The summed E-state index contributed by atoms with van der Waals surface area (Å²) in [6.45, 7) is 0.530. The summed E-state index contributed by atoms with van der Waals surface area (Å²) in [7, 11) is 3.16. The lowest BCUT2D eigenvalue weighted by atomic mass is 10.1. The van der Waals surface area contributed by atoms with Gasteiger partial charge >= 0.3 is 5.97 Å². The largest absolute Gasteiger partial charge is 0.493 e. The van der Waals surface area contributed by atoms with Crippen LogP contribution in [0.25, 0.3) is 0 Å². The Kier molecular flexibility index (Phi) is 5.27. The molecule has 0 unspecified atom stereocenters. The normalized spacial score (nSPS) is 10.1. The van der Waals surface area contributed by atoms with Gasteiger partial charge in [-0.1, -0.05) is 6.07 Å². The highest BCUT2D eigenvalue weighted by Gasteiger charge is 2.10. The van der Waals surface area contributed by atoms with Gasteiger partial charge in [0.05, 0.1) is 24.3 Å². The lowest BCUT2D eigenvalue weighted by Gasteiger charge is -2.13. The number of nitrogens with one attached hydrogen (secondary N) is 1. The Balaban J connectivity index is 2.16. The highest BCUT2D eigenvalue weighted by Crippen LogP contribution is 2.36. The Hall–Kier alpha value is -2.21. The Morgan fingerprint density at radius 2 is 2.00 bits per heavy atom. The van der Waals surface area contributed by atoms with Gasteiger partial charge in [0.1, 0.15) is 0 Å². The third-order valence-electron chi connectivity index (χ3n) is 3.10. The van der Waals surface area contributed by atoms with E-state index in [1.54, 1.807) is 32.4 Å². The van der Waals surface area contributed by atoms with Crippen molar-refractivity contribution in [1.82, 2.24) is 0 Å². The number of aromatic carboxylic acids is 1. The molecule has 5 nitrogen and oxygen atoms in total. The van der Waals surface area contributed by atoms with Crippen LogP contribution in [0.4, 0.5) is 5.69 Å². The maximum Gasteiger partial charge on any atom is 0.335 e. The van der Waals surface area contributed by atoms with Gasteiger partial charge in [0.25, 0.3) is 0 Å². The number of anilines is 1. The van der Waals surface area contributed by atoms with Crippen LogP contribution < -0.4 is 14.8 Å². The van der Waals surface area contributed by atoms with Gasteiger partial charge in [-0.25, -0.2) is 4.79 Å². The third-order valence-corrected chi connectivity index (χ3v) is 3.69. The van der Waals surface area contributed by atoms with Crippen LogP contribution in [0.2, 0.25) is 0 Å². The maximum atomic E-state index is 11.0. The van der Waals surface area contributed by atoms with Gasteiger partial charge in [0.15, 0.2) is 11.5 Å². The second-order valence-corrected chi connectivity index (χ2v) is 5.41. The summed E-state index contributed by atoms with van der Waals surface area (Å²) >= 11 is 3.45. The molecule has 116 valence electrons. The second kappa shape index (κ2) is 7.17. The van der Waals surface area contributed by atoms with Crippen molar-refractivity contribution in [2.75, 3.05) is 19.5 Å². The van der Waals surface area contributed by atoms with E-state index in [4.69, 9.17) is 14.6 Å². The summed E-state index contributed by atoms with van der Waals surface area (Å²) in [6, 6.07) is 10.5. The van der Waals surface area contributed by atoms with Crippen molar-refractivity contribution in [3.05, 3.63) is 52.0 Å². The van der Waals surface area contributed by atoms with E-state index in [-0.39, 0.29) is 5.56 Å². The lowest BCUT2D eigenvalue weighted by Crippen LogP contribution is -2.03. The average Bonchev–Trinajstić information content (AvgIpc) is 2.52. The molecule has 0 aliphatic heterocycles. The minimum Gasteiger partial charge on any atom is -0.493 e. The SMILES string of the molecule is COc1cc(CNc2cccc(C(=O)O)c2)cc(Br)c1OC. The number of carboxylic acid groups (broad SMARTS) is 1. The topological polar surface area (TPSA) is 67.8 Å². The van der Waals surface area contributed by atoms with Gasteiger partial charge in [-0.3, -0.25) is 0 Å². The van der Waals surface area contributed by atoms with Crippen molar-refractivity contribution in [3.63, 3.8) is 0 Å². The van der Waals surface area contributed by atoms with E-state index in [0.717, 1.165) is 15.7 Å². The molecule has 0 bridgehead atoms. The number of benzene rings is 2. The van der Waals surface area contributed by atoms with E-state index < -0.39 is 5.97 Å². The first-order chi connectivity index (χ1) is 10.5. The molecule has 0 spiro atoms. The van der Waals surface area contributed by atoms with E-state index >= 15 is 0 Å². The van der Waals surface area contributed by atoms with Crippen LogP contribution in [0, 0.1) is 0 Å². The minimum atomic E-state index is -0.947. The Bertz CT molecular complexity index is 688. The summed E-state index contributed by atoms with van der Waals surface area (Å²) < 4.78 is 11.4. The van der Waals surface area contributed by atoms with Crippen molar-refractivity contribution in [2.24, 2.45) is 0 Å². The Morgan fingerprint density at radius 1 is 1.23 bits per heavy atom. The third kappa shape index (κ3) is 3.71. The molecule has 0 saturated heterocycles. The molecule has 2 aromatic rings. The van der Waals surface area contributed by atoms with E-state index in [0.29, 0.717) is 18.0 Å². The Morgan fingerprint density at radius 3 is 2.64 bits per heavy atom. The van der Waals surface area contributed by atoms with Gasteiger partial charge in [0.2, 0.25) is 0 Å².